The maximum atomic E-state index is 11.9. The number of nitrogens with zero attached hydrogens (tertiary/aromatic N) is 1. The van der Waals surface area contributed by atoms with Crippen molar-refractivity contribution in [3.63, 3.8) is 0 Å². The van der Waals surface area contributed by atoms with Crippen LogP contribution in [-0.2, 0) is 9.53 Å². The molecule has 134 valence electrons. The SMILES string of the molecule is CCC(C)N(C)CCNC(=O)Nc1cccc(NC(=O)COC)c1. The summed E-state index contributed by atoms with van der Waals surface area (Å²) in [4.78, 5) is 25.6. The van der Waals surface area contributed by atoms with E-state index in [0.717, 1.165) is 13.0 Å². The first-order chi connectivity index (χ1) is 11.5. The van der Waals surface area contributed by atoms with E-state index in [1.54, 1.807) is 24.3 Å². The molecule has 1 aromatic rings. The van der Waals surface area contributed by atoms with Crippen molar-refractivity contribution >= 4 is 23.3 Å². The maximum absolute atomic E-state index is 11.9. The lowest BCUT2D eigenvalue weighted by atomic mass is 10.2. The Labute approximate surface area is 143 Å². The summed E-state index contributed by atoms with van der Waals surface area (Å²) in [5, 5.41) is 8.27. The van der Waals surface area contributed by atoms with Crippen molar-refractivity contribution in [1.82, 2.24) is 10.2 Å². The standard InChI is InChI=1S/C17H28N4O3/c1-5-13(2)21(3)10-9-18-17(23)20-15-8-6-7-14(11-15)19-16(22)12-24-4/h6-8,11,13H,5,9-10,12H2,1-4H3,(H,19,22)(H2,18,20,23). The van der Waals surface area contributed by atoms with E-state index in [2.05, 4.69) is 34.7 Å². The number of hydrogen-bond donors (Lipinski definition) is 3. The molecule has 0 aliphatic heterocycles. The number of ether oxygens (including phenoxy) is 1. The monoisotopic (exact) mass is 336 g/mol. The van der Waals surface area contributed by atoms with Gasteiger partial charge in [-0.15, -0.1) is 0 Å². The Morgan fingerprint density at radius 1 is 1.25 bits per heavy atom. The van der Waals surface area contributed by atoms with E-state index in [9.17, 15) is 9.59 Å². The average Bonchev–Trinajstić information content (AvgIpc) is 2.54. The molecule has 0 aliphatic carbocycles. The first-order valence-corrected chi connectivity index (χ1v) is 8.10. The van der Waals surface area contributed by atoms with Crippen molar-refractivity contribution < 1.29 is 14.3 Å². The largest absolute Gasteiger partial charge is 0.375 e. The normalized spacial score (nSPS) is 11.9. The Morgan fingerprint density at radius 3 is 2.54 bits per heavy atom. The van der Waals surface area contributed by atoms with Crippen LogP contribution in [0, 0.1) is 0 Å². The number of nitrogens with one attached hydrogen (secondary N) is 3. The van der Waals surface area contributed by atoms with Crippen LogP contribution in [0.15, 0.2) is 24.3 Å². The summed E-state index contributed by atoms with van der Waals surface area (Å²) >= 11 is 0. The fourth-order valence-corrected chi connectivity index (χ4v) is 2.06. The van der Waals surface area contributed by atoms with Crippen molar-refractivity contribution in [2.75, 3.05) is 44.5 Å². The lowest BCUT2D eigenvalue weighted by molar-refractivity contribution is -0.119. The van der Waals surface area contributed by atoms with Crippen molar-refractivity contribution in [3.8, 4) is 0 Å². The number of methoxy groups -OCH3 is 1. The van der Waals surface area contributed by atoms with Crippen LogP contribution >= 0.6 is 0 Å². The third-order valence-corrected chi connectivity index (χ3v) is 3.77. The zero-order valence-corrected chi connectivity index (χ0v) is 14.9. The number of likely N-dealkylation sites (N-methyl/N-ethyl adjacent to an activating group) is 1. The molecular formula is C17H28N4O3. The molecule has 0 radical (unpaired) electrons. The van der Waals surface area contributed by atoms with Gasteiger partial charge in [-0.25, -0.2) is 4.79 Å². The number of rotatable bonds is 9. The number of amides is 3. The van der Waals surface area contributed by atoms with Gasteiger partial charge in [-0.05, 0) is 38.6 Å². The van der Waals surface area contributed by atoms with Gasteiger partial charge in [-0.2, -0.15) is 0 Å². The van der Waals surface area contributed by atoms with Gasteiger partial charge in [0.05, 0.1) is 0 Å². The molecule has 0 saturated carbocycles. The van der Waals surface area contributed by atoms with Gasteiger partial charge in [0, 0.05) is 37.6 Å². The molecule has 3 amide bonds. The fourth-order valence-electron chi connectivity index (χ4n) is 2.06. The lowest BCUT2D eigenvalue weighted by Gasteiger charge is -2.23. The number of anilines is 2. The smallest absolute Gasteiger partial charge is 0.319 e. The molecule has 0 bridgehead atoms. The number of hydrogen-bond acceptors (Lipinski definition) is 4. The number of benzene rings is 1. The van der Waals surface area contributed by atoms with Crippen molar-refractivity contribution in [2.24, 2.45) is 0 Å². The van der Waals surface area contributed by atoms with Crippen LogP contribution in [0.3, 0.4) is 0 Å². The van der Waals surface area contributed by atoms with Crippen molar-refractivity contribution in [3.05, 3.63) is 24.3 Å². The Balaban J connectivity index is 2.42. The second-order valence-electron chi connectivity index (χ2n) is 5.68. The summed E-state index contributed by atoms with van der Waals surface area (Å²) in [7, 11) is 3.50. The van der Waals surface area contributed by atoms with Gasteiger partial charge < -0.3 is 25.6 Å². The van der Waals surface area contributed by atoms with Crippen LogP contribution in [0.2, 0.25) is 0 Å². The second kappa shape index (κ2) is 10.6. The van der Waals surface area contributed by atoms with Gasteiger partial charge in [-0.3, -0.25) is 4.79 Å². The van der Waals surface area contributed by atoms with Gasteiger partial charge in [-0.1, -0.05) is 13.0 Å². The molecule has 0 saturated heterocycles. The zero-order valence-electron chi connectivity index (χ0n) is 14.9. The molecular weight excluding hydrogens is 308 g/mol. The lowest BCUT2D eigenvalue weighted by Crippen LogP contribution is -2.38. The molecule has 0 aromatic heterocycles. The average molecular weight is 336 g/mol. The van der Waals surface area contributed by atoms with Crippen LogP contribution in [0.4, 0.5) is 16.2 Å². The zero-order chi connectivity index (χ0) is 17.9. The van der Waals surface area contributed by atoms with E-state index < -0.39 is 0 Å². The highest BCUT2D eigenvalue weighted by molar-refractivity contribution is 5.94. The Kier molecular flexibility index (Phi) is 8.81. The van der Waals surface area contributed by atoms with E-state index in [4.69, 9.17) is 4.74 Å². The number of urea groups is 1. The van der Waals surface area contributed by atoms with Crippen molar-refractivity contribution in [2.45, 2.75) is 26.3 Å². The Bertz CT molecular complexity index is 536. The molecule has 1 rings (SSSR count). The van der Waals surface area contributed by atoms with Crippen molar-refractivity contribution in [1.29, 1.82) is 0 Å². The second-order valence-corrected chi connectivity index (χ2v) is 5.68. The first kappa shape index (κ1) is 19.9. The molecule has 1 atom stereocenters. The summed E-state index contributed by atoms with van der Waals surface area (Å²) < 4.78 is 4.76. The van der Waals surface area contributed by atoms with Gasteiger partial charge in [0.1, 0.15) is 6.61 Å². The highest BCUT2D eigenvalue weighted by Gasteiger charge is 2.08. The quantitative estimate of drug-likeness (QED) is 0.645. The van der Waals surface area contributed by atoms with Crippen LogP contribution in [0.5, 0.6) is 0 Å². The summed E-state index contributed by atoms with van der Waals surface area (Å²) in [6.07, 6.45) is 1.07. The number of carbonyl (C=O) groups excluding carboxylic acids is 2. The number of carbonyl (C=O) groups is 2. The summed E-state index contributed by atoms with van der Waals surface area (Å²) in [5.74, 6) is -0.243. The molecule has 0 fully saturated rings. The predicted octanol–water partition coefficient (Wildman–Crippen LogP) is 2.12. The van der Waals surface area contributed by atoms with Crippen LogP contribution in [0.1, 0.15) is 20.3 Å². The molecule has 1 unspecified atom stereocenters. The Hall–Kier alpha value is -2.12. The van der Waals surface area contributed by atoms with Gasteiger partial charge >= 0.3 is 6.03 Å². The summed E-state index contributed by atoms with van der Waals surface area (Å²) in [6.45, 7) is 5.64. The van der Waals surface area contributed by atoms with E-state index in [1.807, 2.05) is 7.05 Å². The highest BCUT2D eigenvalue weighted by Crippen LogP contribution is 2.14. The summed E-state index contributed by atoms with van der Waals surface area (Å²) in [6, 6.07) is 7.18. The fraction of sp³-hybridized carbons (Fsp3) is 0.529. The molecule has 3 N–H and O–H groups in total. The molecule has 24 heavy (non-hydrogen) atoms. The van der Waals surface area contributed by atoms with Crippen LogP contribution < -0.4 is 16.0 Å². The topological polar surface area (TPSA) is 82.7 Å². The Morgan fingerprint density at radius 2 is 1.92 bits per heavy atom. The molecule has 7 heteroatoms. The molecule has 0 aliphatic rings. The minimum Gasteiger partial charge on any atom is -0.375 e. The highest BCUT2D eigenvalue weighted by atomic mass is 16.5. The minimum absolute atomic E-state index is 0.0121. The van der Waals surface area contributed by atoms with Gasteiger partial charge in [0.2, 0.25) is 5.91 Å². The van der Waals surface area contributed by atoms with Gasteiger partial charge in [0.15, 0.2) is 0 Å². The van der Waals surface area contributed by atoms with Crippen LogP contribution in [-0.4, -0.2) is 56.7 Å². The van der Waals surface area contributed by atoms with E-state index in [0.29, 0.717) is 24.0 Å². The molecule has 0 heterocycles. The molecule has 7 nitrogen and oxygen atoms in total. The van der Waals surface area contributed by atoms with Gasteiger partial charge in [0.25, 0.3) is 0 Å². The minimum atomic E-state index is -0.270. The third kappa shape index (κ3) is 7.43. The molecule has 0 spiro atoms. The van der Waals surface area contributed by atoms with E-state index in [1.165, 1.54) is 7.11 Å². The predicted molar refractivity (Wildman–Crippen MR) is 96.4 cm³/mol. The van der Waals surface area contributed by atoms with E-state index in [-0.39, 0.29) is 18.5 Å². The first-order valence-electron chi connectivity index (χ1n) is 8.10. The maximum Gasteiger partial charge on any atom is 0.319 e. The van der Waals surface area contributed by atoms with Crippen LogP contribution in [0.25, 0.3) is 0 Å². The molecule has 1 aromatic carbocycles. The van der Waals surface area contributed by atoms with E-state index >= 15 is 0 Å². The third-order valence-electron chi connectivity index (χ3n) is 3.77. The summed E-state index contributed by atoms with van der Waals surface area (Å²) in [5.41, 5.74) is 1.21.